The number of hydrogen-bond acceptors (Lipinski definition) is 3. The second-order valence-electron chi connectivity index (χ2n) is 5.08. The van der Waals surface area contributed by atoms with Crippen molar-refractivity contribution in [1.82, 2.24) is 5.32 Å². The SMILES string of the molecule is CC(C)(C)OC(=O)NC(CN)c1cccc(F)c1Cl. The van der Waals surface area contributed by atoms with Crippen LogP contribution in [-0.2, 0) is 4.74 Å². The van der Waals surface area contributed by atoms with E-state index in [2.05, 4.69) is 5.32 Å². The molecule has 0 aliphatic heterocycles. The van der Waals surface area contributed by atoms with Crippen LogP contribution in [0.1, 0.15) is 32.4 Å². The van der Waals surface area contributed by atoms with Gasteiger partial charge in [-0.25, -0.2) is 9.18 Å². The van der Waals surface area contributed by atoms with Gasteiger partial charge in [-0.2, -0.15) is 0 Å². The molecule has 0 aliphatic carbocycles. The van der Waals surface area contributed by atoms with Crippen LogP contribution < -0.4 is 11.1 Å². The van der Waals surface area contributed by atoms with E-state index in [0.717, 1.165) is 0 Å². The summed E-state index contributed by atoms with van der Waals surface area (Å²) < 4.78 is 18.5. The van der Waals surface area contributed by atoms with Gasteiger partial charge in [0.2, 0.25) is 0 Å². The molecule has 0 radical (unpaired) electrons. The topological polar surface area (TPSA) is 64.3 Å². The van der Waals surface area contributed by atoms with Crippen molar-refractivity contribution < 1.29 is 13.9 Å². The fourth-order valence-corrected chi connectivity index (χ4v) is 1.76. The lowest BCUT2D eigenvalue weighted by Gasteiger charge is -2.23. The van der Waals surface area contributed by atoms with Gasteiger partial charge in [-0.15, -0.1) is 0 Å². The molecule has 0 aromatic heterocycles. The molecule has 0 heterocycles. The van der Waals surface area contributed by atoms with Crippen LogP contribution in [0.3, 0.4) is 0 Å². The number of carbonyl (C=O) groups is 1. The molecule has 0 saturated carbocycles. The van der Waals surface area contributed by atoms with Gasteiger partial charge in [-0.05, 0) is 32.4 Å². The third kappa shape index (κ3) is 4.69. The van der Waals surface area contributed by atoms with Crippen molar-refractivity contribution in [1.29, 1.82) is 0 Å². The number of nitrogens with one attached hydrogen (secondary N) is 1. The minimum atomic E-state index is -0.622. The molecule has 1 atom stereocenters. The molecule has 6 heteroatoms. The molecule has 1 aromatic carbocycles. The predicted molar refractivity (Wildman–Crippen MR) is 72.6 cm³/mol. The average molecular weight is 289 g/mol. The molecule has 19 heavy (non-hydrogen) atoms. The lowest BCUT2D eigenvalue weighted by Crippen LogP contribution is -2.37. The number of benzene rings is 1. The zero-order valence-corrected chi connectivity index (χ0v) is 11.9. The lowest BCUT2D eigenvalue weighted by atomic mass is 10.1. The molecule has 0 saturated heterocycles. The Kier molecular flexibility index (Phi) is 5.14. The molecule has 1 unspecified atom stereocenters. The van der Waals surface area contributed by atoms with Crippen LogP contribution in [0.25, 0.3) is 0 Å². The summed E-state index contributed by atoms with van der Waals surface area (Å²) in [5.41, 5.74) is 5.39. The minimum absolute atomic E-state index is 0.0472. The van der Waals surface area contributed by atoms with Gasteiger partial charge in [-0.1, -0.05) is 23.7 Å². The minimum Gasteiger partial charge on any atom is -0.444 e. The van der Waals surface area contributed by atoms with E-state index in [4.69, 9.17) is 22.1 Å². The van der Waals surface area contributed by atoms with Crippen LogP contribution in [0.5, 0.6) is 0 Å². The second kappa shape index (κ2) is 6.21. The van der Waals surface area contributed by atoms with E-state index in [1.165, 1.54) is 12.1 Å². The maximum absolute atomic E-state index is 13.4. The quantitative estimate of drug-likeness (QED) is 0.898. The van der Waals surface area contributed by atoms with Crippen molar-refractivity contribution in [2.24, 2.45) is 5.73 Å². The maximum atomic E-state index is 13.4. The van der Waals surface area contributed by atoms with Crippen LogP contribution in [0.2, 0.25) is 5.02 Å². The summed E-state index contributed by atoms with van der Waals surface area (Å²) in [4.78, 5) is 11.7. The molecule has 1 amide bonds. The van der Waals surface area contributed by atoms with E-state index in [0.29, 0.717) is 5.56 Å². The number of carbonyl (C=O) groups excluding carboxylic acids is 1. The average Bonchev–Trinajstić information content (AvgIpc) is 2.27. The maximum Gasteiger partial charge on any atom is 0.408 e. The smallest absolute Gasteiger partial charge is 0.408 e. The number of hydrogen-bond donors (Lipinski definition) is 2. The van der Waals surface area contributed by atoms with E-state index in [1.807, 2.05) is 0 Å². The van der Waals surface area contributed by atoms with E-state index in [-0.39, 0.29) is 11.6 Å². The molecule has 0 spiro atoms. The summed E-state index contributed by atoms with van der Waals surface area (Å²) in [6.07, 6.45) is -0.622. The molecule has 0 fully saturated rings. The van der Waals surface area contributed by atoms with Gasteiger partial charge >= 0.3 is 6.09 Å². The first-order valence-electron chi connectivity index (χ1n) is 5.88. The van der Waals surface area contributed by atoms with Crippen molar-refractivity contribution in [2.45, 2.75) is 32.4 Å². The number of halogens is 2. The van der Waals surface area contributed by atoms with Gasteiger partial charge in [-0.3, -0.25) is 0 Å². The fraction of sp³-hybridized carbons (Fsp3) is 0.462. The molecule has 3 N–H and O–H groups in total. The highest BCUT2D eigenvalue weighted by Gasteiger charge is 2.21. The number of nitrogens with two attached hydrogens (primary N) is 1. The molecular formula is C13H18ClFN2O2. The molecular weight excluding hydrogens is 271 g/mol. The van der Waals surface area contributed by atoms with E-state index >= 15 is 0 Å². The number of alkyl carbamates (subject to hydrolysis) is 1. The Labute approximate surface area is 117 Å². The second-order valence-corrected chi connectivity index (χ2v) is 5.46. The van der Waals surface area contributed by atoms with E-state index in [1.54, 1.807) is 26.8 Å². The highest BCUT2D eigenvalue weighted by atomic mass is 35.5. The zero-order chi connectivity index (χ0) is 14.6. The first kappa shape index (κ1) is 15.7. The fourth-order valence-electron chi connectivity index (χ4n) is 1.50. The Balaban J connectivity index is 2.84. The Morgan fingerprint density at radius 3 is 2.68 bits per heavy atom. The van der Waals surface area contributed by atoms with Gasteiger partial charge in [0.05, 0.1) is 11.1 Å². The number of rotatable bonds is 3. The number of amides is 1. The monoisotopic (exact) mass is 288 g/mol. The highest BCUT2D eigenvalue weighted by molar-refractivity contribution is 6.31. The van der Waals surface area contributed by atoms with Gasteiger partial charge in [0.1, 0.15) is 11.4 Å². The largest absolute Gasteiger partial charge is 0.444 e. The standard InChI is InChI=1S/C13H18ClFN2O2/c1-13(2,3)19-12(18)17-10(7-16)8-5-4-6-9(15)11(8)14/h4-6,10H,7,16H2,1-3H3,(H,17,18). The first-order chi connectivity index (χ1) is 8.74. The van der Waals surface area contributed by atoms with Crippen LogP contribution >= 0.6 is 11.6 Å². The van der Waals surface area contributed by atoms with Crippen molar-refractivity contribution in [2.75, 3.05) is 6.54 Å². The molecule has 1 rings (SSSR count). The van der Waals surface area contributed by atoms with Gasteiger partial charge in [0.25, 0.3) is 0 Å². The van der Waals surface area contributed by atoms with Gasteiger partial charge in [0, 0.05) is 6.54 Å². The molecule has 4 nitrogen and oxygen atoms in total. The number of ether oxygens (including phenoxy) is 1. The van der Waals surface area contributed by atoms with E-state index < -0.39 is 23.6 Å². The Morgan fingerprint density at radius 2 is 2.16 bits per heavy atom. The molecule has 106 valence electrons. The molecule has 0 bridgehead atoms. The summed E-state index contributed by atoms with van der Waals surface area (Å²) in [6, 6.07) is 3.77. The lowest BCUT2D eigenvalue weighted by molar-refractivity contribution is 0.0505. The van der Waals surface area contributed by atoms with Crippen molar-refractivity contribution in [3.8, 4) is 0 Å². The Bertz CT molecular complexity index is 460. The third-order valence-corrected chi connectivity index (χ3v) is 2.68. The Hall–Kier alpha value is -1.33. The molecule has 1 aromatic rings. The summed E-state index contributed by atoms with van der Waals surface area (Å²) in [6.45, 7) is 5.33. The van der Waals surface area contributed by atoms with E-state index in [9.17, 15) is 9.18 Å². The van der Waals surface area contributed by atoms with Crippen molar-refractivity contribution >= 4 is 17.7 Å². The van der Waals surface area contributed by atoms with Crippen LogP contribution in [0.15, 0.2) is 18.2 Å². The predicted octanol–water partition coefficient (Wildman–Crippen LogP) is 3.00. The Morgan fingerprint density at radius 1 is 1.53 bits per heavy atom. The van der Waals surface area contributed by atoms with Gasteiger partial charge < -0.3 is 15.8 Å². The third-order valence-electron chi connectivity index (χ3n) is 2.28. The van der Waals surface area contributed by atoms with Crippen LogP contribution in [0, 0.1) is 5.82 Å². The summed E-state index contributed by atoms with van der Waals surface area (Å²) in [7, 11) is 0. The summed E-state index contributed by atoms with van der Waals surface area (Å²) in [5, 5.41) is 2.52. The summed E-state index contributed by atoms with van der Waals surface area (Å²) in [5.74, 6) is -0.552. The van der Waals surface area contributed by atoms with Crippen molar-refractivity contribution in [3.63, 3.8) is 0 Å². The van der Waals surface area contributed by atoms with Crippen molar-refractivity contribution in [3.05, 3.63) is 34.6 Å². The zero-order valence-electron chi connectivity index (χ0n) is 11.2. The van der Waals surface area contributed by atoms with Crippen LogP contribution in [-0.4, -0.2) is 18.2 Å². The molecule has 0 aliphatic rings. The summed E-state index contributed by atoms with van der Waals surface area (Å²) >= 11 is 5.86. The first-order valence-corrected chi connectivity index (χ1v) is 6.26. The highest BCUT2D eigenvalue weighted by Crippen LogP contribution is 2.25. The normalized spacial score (nSPS) is 12.9. The van der Waals surface area contributed by atoms with Gasteiger partial charge in [0.15, 0.2) is 0 Å². The van der Waals surface area contributed by atoms with Crippen LogP contribution in [0.4, 0.5) is 9.18 Å².